The summed E-state index contributed by atoms with van der Waals surface area (Å²) in [7, 11) is 0. The number of rotatable bonds is 10. The highest BCUT2D eigenvalue weighted by atomic mass is 79.9. The number of hydrogen-bond donors (Lipinski definition) is 0. The summed E-state index contributed by atoms with van der Waals surface area (Å²) in [6.07, 6.45) is 5.32. The highest BCUT2D eigenvalue weighted by Gasteiger charge is 2.43. The van der Waals surface area contributed by atoms with Crippen molar-refractivity contribution < 1.29 is 13.9 Å². The molecule has 3 aromatic rings. The van der Waals surface area contributed by atoms with Crippen molar-refractivity contribution in [3.8, 4) is 11.5 Å². The number of ether oxygens (including phenoxy) is 2. The number of nitrogens with zero attached hydrogens (tertiary/aromatic N) is 3. The molecule has 0 amide bonds. The van der Waals surface area contributed by atoms with Gasteiger partial charge in [-0.3, -0.25) is 4.57 Å². The van der Waals surface area contributed by atoms with E-state index in [4.69, 9.17) is 9.47 Å². The molecule has 2 bridgehead atoms. The first-order valence-electron chi connectivity index (χ1n) is 11.9. The summed E-state index contributed by atoms with van der Waals surface area (Å²) in [6, 6.07) is 14.6. The summed E-state index contributed by atoms with van der Waals surface area (Å²) < 4.78 is 29.0. The molecule has 1 aromatic heterocycles. The van der Waals surface area contributed by atoms with Gasteiger partial charge in [-0.15, -0.1) is 10.2 Å². The third kappa shape index (κ3) is 5.28. The van der Waals surface area contributed by atoms with Crippen molar-refractivity contribution in [1.82, 2.24) is 14.8 Å². The number of benzene rings is 2. The quantitative estimate of drug-likeness (QED) is 0.204. The van der Waals surface area contributed by atoms with Gasteiger partial charge in [-0.2, -0.15) is 0 Å². The fraction of sp³-hybridized carbons (Fsp3) is 0.462. The number of hydrogen-bond acceptors (Lipinski definition) is 5. The lowest BCUT2D eigenvalue weighted by Crippen LogP contribution is -2.24. The zero-order valence-corrected chi connectivity index (χ0v) is 21.6. The molecule has 0 N–H and O–H groups in total. The van der Waals surface area contributed by atoms with Gasteiger partial charge in [-0.05, 0) is 80.3 Å². The molecule has 0 radical (unpaired) electrons. The first kappa shape index (κ1) is 23.7. The van der Waals surface area contributed by atoms with E-state index in [0.717, 1.165) is 38.8 Å². The van der Waals surface area contributed by atoms with Crippen molar-refractivity contribution >= 4 is 27.7 Å². The predicted octanol–water partition coefficient (Wildman–Crippen LogP) is 6.93. The van der Waals surface area contributed by atoms with Crippen LogP contribution in [0.2, 0.25) is 0 Å². The van der Waals surface area contributed by atoms with Gasteiger partial charge in [-0.1, -0.05) is 46.2 Å². The summed E-state index contributed by atoms with van der Waals surface area (Å²) in [6.45, 7) is 3.04. The lowest BCUT2D eigenvalue weighted by Gasteiger charge is -2.30. The van der Waals surface area contributed by atoms with Crippen LogP contribution in [-0.2, 0) is 6.61 Å². The van der Waals surface area contributed by atoms with Gasteiger partial charge in [0.2, 0.25) is 0 Å². The van der Waals surface area contributed by atoms with Gasteiger partial charge < -0.3 is 9.47 Å². The number of para-hydroxylation sites is 1. The van der Waals surface area contributed by atoms with E-state index in [2.05, 4.69) is 37.6 Å². The fourth-order valence-electron chi connectivity index (χ4n) is 5.52. The number of aromatic nitrogens is 3. The molecule has 0 aliphatic heterocycles. The molecule has 5 rings (SSSR count). The normalized spacial score (nSPS) is 22.1. The smallest absolute Gasteiger partial charge is 0.191 e. The maximum atomic E-state index is 14.1. The SMILES string of the molecule is C[C@@H]([C@@H]1C[C@H]2CC[C@H]1C2)n1c(COc2ccccc2F)nnc1SCCOc1ccc(Br)cc1. The number of halogens is 2. The molecule has 34 heavy (non-hydrogen) atoms. The lowest BCUT2D eigenvalue weighted by atomic mass is 9.84. The molecule has 1 heterocycles. The Morgan fingerprint density at radius 3 is 2.65 bits per heavy atom. The minimum Gasteiger partial charge on any atom is -0.493 e. The molecule has 180 valence electrons. The molecular weight excluding hydrogens is 517 g/mol. The molecule has 0 saturated heterocycles. The van der Waals surface area contributed by atoms with Crippen molar-refractivity contribution in [3.05, 3.63) is 64.6 Å². The third-order valence-electron chi connectivity index (χ3n) is 7.15. The Morgan fingerprint density at radius 1 is 1.09 bits per heavy atom. The van der Waals surface area contributed by atoms with E-state index in [0.29, 0.717) is 12.5 Å². The fourth-order valence-corrected chi connectivity index (χ4v) is 6.64. The van der Waals surface area contributed by atoms with Gasteiger partial charge in [0.1, 0.15) is 12.4 Å². The van der Waals surface area contributed by atoms with Crippen LogP contribution in [0, 0.1) is 23.6 Å². The molecule has 8 heteroatoms. The predicted molar refractivity (Wildman–Crippen MR) is 135 cm³/mol. The second-order valence-electron chi connectivity index (χ2n) is 9.22. The van der Waals surface area contributed by atoms with Gasteiger partial charge in [0, 0.05) is 16.3 Å². The van der Waals surface area contributed by atoms with Crippen LogP contribution in [-0.4, -0.2) is 27.1 Å². The monoisotopic (exact) mass is 545 g/mol. The van der Waals surface area contributed by atoms with Gasteiger partial charge in [0.25, 0.3) is 0 Å². The Hall–Kier alpha value is -2.06. The van der Waals surface area contributed by atoms with Gasteiger partial charge in [0.05, 0.1) is 6.61 Å². The Labute approximate surface area is 212 Å². The summed E-state index contributed by atoms with van der Waals surface area (Å²) in [5, 5.41) is 9.84. The molecule has 2 saturated carbocycles. The minimum atomic E-state index is -0.366. The molecular formula is C26H29BrFN3O2S. The van der Waals surface area contributed by atoms with Crippen LogP contribution in [0.3, 0.4) is 0 Å². The van der Waals surface area contributed by atoms with Crippen LogP contribution >= 0.6 is 27.7 Å². The van der Waals surface area contributed by atoms with E-state index in [9.17, 15) is 4.39 Å². The van der Waals surface area contributed by atoms with Crippen LogP contribution in [0.15, 0.2) is 58.2 Å². The van der Waals surface area contributed by atoms with Crippen molar-refractivity contribution in [2.45, 2.75) is 50.4 Å². The van der Waals surface area contributed by atoms with Gasteiger partial charge in [-0.25, -0.2) is 4.39 Å². The molecule has 4 atom stereocenters. The summed E-state index contributed by atoms with van der Waals surface area (Å²) in [4.78, 5) is 0. The maximum Gasteiger partial charge on any atom is 0.191 e. The van der Waals surface area contributed by atoms with E-state index in [1.807, 2.05) is 24.3 Å². The van der Waals surface area contributed by atoms with Crippen LogP contribution in [0.5, 0.6) is 11.5 Å². The van der Waals surface area contributed by atoms with Gasteiger partial charge >= 0.3 is 0 Å². The number of thioether (sulfide) groups is 1. The third-order valence-corrected chi connectivity index (χ3v) is 8.58. The Kier molecular flexibility index (Phi) is 7.44. The molecule has 2 aliphatic rings. The van der Waals surface area contributed by atoms with Crippen LogP contribution in [0.25, 0.3) is 0 Å². The average molecular weight is 547 g/mol. The van der Waals surface area contributed by atoms with Crippen LogP contribution < -0.4 is 9.47 Å². The van der Waals surface area contributed by atoms with Crippen molar-refractivity contribution in [2.75, 3.05) is 12.4 Å². The maximum absolute atomic E-state index is 14.1. The van der Waals surface area contributed by atoms with Gasteiger partial charge in [0.15, 0.2) is 22.5 Å². The number of fused-ring (bicyclic) bond motifs is 2. The van der Waals surface area contributed by atoms with E-state index in [1.165, 1.54) is 31.7 Å². The topological polar surface area (TPSA) is 49.2 Å². The second kappa shape index (κ2) is 10.7. The summed E-state index contributed by atoms with van der Waals surface area (Å²) >= 11 is 5.09. The highest BCUT2D eigenvalue weighted by molar-refractivity contribution is 9.10. The van der Waals surface area contributed by atoms with Crippen molar-refractivity contribution in [1.29, 1.82) is 0 Å². The molecule has 2 aromatic carbocycles. The van der Waals surface area contributed by atoms with Crippen molar-refractivity contribution in [3.63, 3.8) is 0 Å². The molecule has 5 nitrogen and oxygen atoms in total. The first-order valence-corrected chi connectivity index (χ1v) is 13.7. The highest BCUT2D eigenvalue weighted by Crippen LogP contribution is 2.52. The largest absolute Gasteiger partial charge is 0.493 e. The van der Waals surface area contributed by atoms with Crippen molar-refractivity contribution in [2.24, 2.45) is 17.8 Å². The zero-order chi connectivity index (χ0) is 23.5. The standard InChI is InChI=1S/C26H29BrFN3O2S/c1-17(22-15-18-6-7-19(22)14-18)31-25(16-33-24-5-3-2-4-23(24)28)29-30-26(31)34-13-12-32-21-10-8-20(27)9-11-21/h2-5,8-11,17-19,22H,6-7,12-16H2,1H3/t17-,18-,19-,22-/m0/s1. The Bertz CT molecular complexity index is 1110. The van der Waals surface area contributed by atoms with Crippen LogP contribution in [0.4, 0.5) is 4.39 Å². The molecule has 0 spiro atoms. The average Bonchev–Trinajstić information content (AvgIpc) is 3.58. The molecule has 2 aliphatic carbocycles. The van der Waals surface area contributed by atoms with E-state index < -0.39 is 0 Å². The first-order chi connectivity index (χ1) is 16.6. The second-order valence-corrected chi connectivity index (χ2v) is 11.2. The molecule has 2 fully saturated rings. The van der Waals surface area contributed by atoms with E-state index in [-0.39, 0.29) is 24.2 Å². The minimum absolute atomic E-state index is 0.190. The summed E-state index contributed by atoms with van der Waals surface area (Å²) in [5.74, 6) is 4.49. The van der Waals surface area contributed by atoms with Crippen LogP contribution in [0.1, 0.15) is 44.5 Å². The lowest BCUT2D eigenvalue weighted by molar-refractivity contribution is 0.215. The van der Waals surface area contributed by atoms with E-state index in [1.54, 1.807) is 30.0 Å². The summed E-state index contributed by atoms with van der Waals surface area (Å²) in [5.41, 5.74) is 0. The Balaban J connectivity index is 1.28. The van der Waals surface area contributed by atoms with E-state index >= 15 is 0 Å². The zero-order valence-electron chi connectivity index (χ0n) is 19.2. The molecule has 0 unspecified atom stereocenters. The Morgan fingerprint density at radius 2 is 1.91 bits per heavy atom.